The number of benzene rings is 1. The quantitative estimate of drug-likeness (QED) is 0.559. The molecule has 120 valence electrons. The predicted octanol–water partition coefficient (Wildman–Crippen LogP) is 2.62. The molecule has 0 aliphatic carbocycles. The minimum absolute atomic E-state index is 0.456. The second-order valence-electron chi connectivity index (χ2n) is 5.06. The number of anilines is 1. The average molecular weight is 313 g/mol. The van der Waals surface area contributed by atoms with E-state index in [2.05, 4.69) is 4.98 Å². The number of aromatic nitrogens is 2. The van der Waals surface area contributed by atoms with Gasteiger partial charge in [-0.05, 0) is 12.1 Å². The number of nitrogens with zero attached hydrogens (tertiary/aromatic N) is 2. The zero-order chi connectivity index (χ0) is 16.2. The van der Waals surface area contributed by atoms with Crippen LogP contribution < -0.4 is 15.2 Å². The third-order valence-corrected chi connectivity index (χ3v) is 3.49. The van der Waals surface area contributed by atoms with Crippen LogP contribution in [-0.4, -0.2) is 36.8 Å². The molecule has 2 heterocycles. The van der Waals surface area contributed by atoms with Gasteiger partial charge in [0.1, 0.15) is 12.3 Å². The number of imidazole rings is 1. The summed E-state index contributed by atoms with van der Waals surface area (Å²) in [6, 6.07) is 9.47. The summed E-state index contributed by atoms with van der Waals surface area (Å²) in [7, 11) is 3.25. The maximum Gasteiger partial charge on any atom is 0.177 e. The Kier molecular flexibility index (Phi) is 4.34. The van der Waals surface area contributed by atoms with Gasteiger partial charge in [0.05, 0.1) is 25.6 Å². The predicted molar refractivity (Wildman–Crippen MR) is 89.0 cm³/mol. The Labute approximate surface area is 134 Å². The molecule has 2 aromatic heterocycles. The van der Waals surface area contributed by atoms with Crippen molar-refractivity contribution in [3.63, 3.8) is 0 Å². The Morgan fingerprint density at radius 3 is 2.52 bits per heavy atom. The standard InChI is InChI=1S/C17H19N3O3/c1-21-7-8-23-16-11-20-10-14(12-3-5-13(18)6-4-12)19-17(20)9-15(16)22-2/h3-6,9-11H,7-8,18H2,1-2H3. The molecule has 23 heavy (non-hydrogen) atoms. The monoisotopic (exact) mass is 313 g/mol. The smallest absolute Gasteiger partial charge is 0.177 e. The van der Waals surface area contributed by atoms with Gasteiger partial charge < -0.3 is 24.3 Å². The summed E-state index contributed by atoms with van der Waals surface area (Å²) in [5.41, 5.74) is 9.11. The van der Waals surface area contributed by atoms with Crippen molar-refractivity contribution in [1.29, 1.82) is 0 Å². The van der Waals surface area contributed by atoms with Gasteiger partial charge in [-0.2, -0.15) is 0 Å². The molecule has 0 radical (unpaired) electrons. The van der Waals surface area contributed by atoms with E-state index in [1.54, 1.807) is 14.2 Å². The lowest BCUT2D eigenvalue weighted by Crippen LogP contribution is -2.06. The molecule has 0 saturated carbocycles. The van der Waals surface area contributed by atoms with Crippen molar-refractivity contribution in [3.05, 3.63) is 42.7 Å². The van der Waals surface area contributed by atoms with Crippen molar-refractivity contribution < 1.29 is 14.2 Å². The molecule has 6 nitrogen and oxygen atoms in total. The minimum atomic E-state index is 0.456. The fourth-order valence-corrected chi connectivity index (χ4v) is 2.29. The normalized spacial score (nSPS) is 10.9. The number of ether oxygens (including phenoxy) is 3. The first-order valence-electron chi connectivity index (χ1n) is 7.25. The van der Waals surface area contributed by atoms with E-state index in [1.807, 2.05) is 47.1 Å². The SMILES string of the molecule is COCCOc1cn2cc(-c3ccc(N)cc3)nc2cc1OC. The highest BCUT2D eigenvalue weighted by Crippen LogP contribution is 2.30. The lowest BCUT2D eigenvalue weighted by molar-refractivity contribution is 0.144. The van der Waals surface area contributed by atoms with Crippen molar-refractivity contribution in [2.75, 3.05) is 33.2 Å². The molecule has 1 aromatic carbocycles. The lowest BCUT2D eigenvalue weighted by Gasteiger charge is -2.10. The van der Waals surface area contributed by atoms with Crippen LogP contribution in [0.15, 0.2) is 42.7 Å². The Morgan fingerprint density at radius 2 is 1.83 bits per heavy atom. The number of hydrogen-bond donors (Lipinski definition) is 1. The van der Waals surface area contributed by atoms with Gasteiger partial charge in [-0.25, -0.2) is 4.98 Å². The number of fused-ring (bicyclic) bond motifs is 1. The molecule has 2 N–H and O–H groups in total. The maximum absolute atomic E-state index is 5.73. The molecule has 0 saturated heterocycles. The van der Waals surface area contributed by atoms with Crippen LogP contribution in [0.25, 0.3) is 16.9 Å². The third-order valence-electron chi connectivity index (χ3n) is 3.49. The van der Waals surface area contributed by atoms with Gasteiger partial charge in [-0.1, -0.05) is 12.1 Å². The van der Waals surface area contributed by atoms with Crippen molar-refractivity contribution in [3.8, 4) is 22.8 Å². The molecule has 3 rings (SSSR count). The molecule has 3 aromatic rings. The number of rotatable bonds is 6. The van der Waals surface area contributed by atoms with Crippen LogP contribution in [0.4, 0.5) is 5.69 Å². The molecule has 0 spiro atoms. The van der Waals surface area contributed by atoms with Gasteiger partial charge >= 0.3 is 0 Å². The summed E-state index contributed by atoms with van der Waals surface area (Å²) in [4.78, 5) is 4.62. The summed E-state index contributed by atoms with van der Waals surface area (Å²) in [6.45, 7) is 0.972. The zero-order valence-electron chi connectivity index (χ0n) is 13.2. The molecule has 0 bridgehead atoms. The van der Waals surface area contributed by atoms with Crippen molar-refractivity contribution in [2.45, 2.75) is 0 Å². The molecular weight excluding hydrogens is 294 g/mol. The highest BCUT2D eigenvalue weighted by molar-refractivity contribution is 5.66. The second kappa shape index (κ2) is 6.58. The van der Waals surface area contributed by atoms with Gasteiger partial charge in [-0.3, -0.25) is 0 Å². The van der Waals surface area contributed by atoms with Crippen molar-refractivity contribution >= 4 is 11.3 Å². The molecule has 6 heteroatoms. The van der Waals surface area contributed by atoms with Crippen LogP contribution in [0.5, 0.6) is 11.5 Å². The van der Waals surface area contributed by atoms with Crippen LogP contribution >= 0.6 is 0 Å². The Balaban J connectivity index is 1.96. The van der Waals surface area contributed by atoms with E-state index in [0.29, 0.717) is 24.7 Å². The maximum atomic E-state index is 5.73. The summed E-state index contributed by atoms with van der Waals surface area (Å²) in [6.07, 6.45) is 3.81. The highest BCUT2D eigenvalue weighted by atomic mass is 16.5. The van der Waals surface area contributed by atoms with Gasteiger partial charge in [0.25, 0.3) is 0 Å². The minimum Gasteiger partial charge on any atom is -0.493 e. The topological polar surface area (TPSA) is 71.0 Å². The number of nitrogens with two attached hydrogens (primary N) is 1. The van der Waals surface area contributed by atoms with Crippen molar-refractivity contribution in [1.82, 2.24) is 9.38 Å². The fraction of sp³-hybridized carbons (Fsp3) is 0.235. The Morgan fingerprint density at radius 1 is 1.04 bits per heavy atom. The van der Waals surface area contributed by atoms with Crippen LogP contribution in [0, 0.1) is 0 Å². The first kappa shape index (κ1) is 15.2. The van der Waals surface area contributed by atoms with E-state index in [4.69, 9.17) is 19.9 Å². The van der Waals surface area contributed by atoms with Crippen LogP contribution in [0.3, 0.4) is 0 Å². The molecule has 0 unspecified atom stereocenters. The van der Waals surface area contributed by atoms with E-state index in [9.17, 15) is 0 Å². The van der Waals surface area contributed by atoms with Gasteiger partial charge in [-0.15, -0.1) is 0 Å². The molecule has 0 atom stereocenters. The first-order valence-corrected chi connectivity index (χ1v) is 7.25. The number of nitrogen functional groups attached to an aromatic ring is 1. The van der Waals surface area contributed by atoms with E-state index in [1.165, 1.54) is 0 Å². The third kappa shape index (κ3) is 3.22. The zero-order valence-corrected chi connectivity index (χ0v) is 13.2. The summed E-state index contributed by atoms with van der Waals surface area (Å²) in [5, 5.41) is 0. The Bertz CT molecular complexity index is 797. The summed E-state index contributed by atoms with van der Waals surface area (Å²) >= 11 is 0. The van der Waals surface area contributed by atoms with Gasteiger partial charge in [0.2, 0.25) is 0 Å². The van der Waals surface area contributed by atoms with Crippen molar-refractivity contribution in [2.24, 2.45) is 0 Å². The number of methoxy groups -OCH3 is 2. The average Bonchev–Trinajstić information content (AvgIpc) is 2.97. The Hall–Kier alpha value is -2.73. The van der Waals surface area contributed by atoms with E-state index in [-0.39, 0.29) is 0 Å². The van der Waals surface area contributed by atoms with Crippen LogP contribution in [0.2, 0.25) is 0 Å². The lowest BCUT2D eigenvalue weighted by atomic mass is 10.1. The van der Waals surface area contributed by atoms with Crippen LogP contribution in [0.1, 0.15) is 0 Å². The largest absolute Gasteiger partial charge is 0.493 e. The molecule has 0 aliphatic rings. The molecular formula is C17H19N3O3. The second-order valence-corrected chi connectivity index (χ2v) is 5.06. The van der Waals surface area contributed by atoms with Gasteiger partial charge in [0, 0.05) is 30.6 Å². The number of hydrogen-bond acceptors (Lipinski definition) is 5. The van der Waals surface area contributed by atoms with Crippen LogP contribution in [-0.2, 0) is 4.74 Å². The van der Waals surface area contributed by atoms with E-state index >= 15 is 0 Å². The van der Waals surface area contributed by atoms with E-state index < -0.39 is 0 Å². The fourth-order valence-electron chi connectivity index (χ4n) is 2.29. The van der Waals surface area contributed by atoms with E-state index in [0.717, 1.165) is 22.6 Å². The summed E-state index contributed by atoms with van der Waals surface area (Å²) in [5.74, 6) is 1.29. The van der Waals surface area contributed by atoms with Gasteiger partial charge in [0.15, 0.2) is 11.5 Å². The first-order chi connectivity index (χ1) is 11.2. The molecule has 0 fully saturated rings. The number of pyridine rings is 1. The molecule has 0 amide bonds. The summed E-state index contributed by atoms with van der Waals surface area (Å²) < 4.78 is 18.0. The molecule has 0 aliphatic heterocycles. The highest BCUT2D eigenvalue weighted by Gasteiger charge is 2.11.